The minimum absolute atomic E-state index is 0.0751. The van der Waals surface area contributed by atoms with Crippen LogP contribution in [-0.2, 0) is 0 Å². The second-order valence-electron chi connectivity index (χ2n) is 3.89. The molecule has 2 unspecified atom stereocenters. The Morgan fingerprint density at radius 1 is 1.50 bits per heavy atom. The number of likely N-dealkylation sites (tertiary alicyclic amines) is 1. The topological polar surface area (TPSA) is 32.6 Å². The van der Waals surface area contributed by atoms with Gasteiger partial charge in [0.15, 0.2) is 0 Å². The minimum Gasteiger partial charge on any atom is -0.296 e. The molecule has 3 nitrogen and oxygen atoms in total. The van der Waals surface area contributed by atoms with Crippen molar-refractivity contribution in [1.82, 2.24) is 0 Å². The van der Waals surface area contributed by atoms with Crippen LogP contribution in [0.3, 0.4) is 0 Å². The maximum atomic E-state index is 10.1. The van der Waals surface area contributed by atoms with E-state index in [0.717, 1.165) is 25.0 Å². The highest BCUT2D eigenvalue weighted by atomic mass is 16.5. The molecule has 1 rings (SSSR count). The number of quaternary nitrogens is 1. The summed E-state index contributed by atoms with van der Waals surface area (Å²) in [6.07, 6.45) is 7.55. The summed E-state index contributed by atoms with van der Waals surface area (Å²) in [6, 6.07) is 0.150. The van der Waals surface area contributed by atoms with Crippen LogP contribution in [0, 0.1) is 0 Å². The first-order valence-corrected chi connectivity index (χ1v) is 5.94. The van der Waals surface area contributed by atoms with Gasteiger partial charge in [-0.15, -0.1) is 0 Å². The number of allylic oxidation sites excluding steroid dienone is 2. The number of rotatable bonds is 3. The molecule has 1 heterocycles. The predicted octanol–water partition coefficient (Wildman–Crippen LogP) is 2.82. The summed E-state index contributed by atoms with van der Waals surface area (Å²) >= 11 is 0. The van der Waals surface area contributed by atoms with Gasteiger partial charge < -0.3 is 0 Å². The first-order chi connectivity index (χ1) is 7.61. The smallest absolute Gasteiger partial charge is 0.146 e. The molecule has 0 saturated carbocycles. The zero-order chi connectivity index (χ0) is 12.6. The largest absolute Gasteiger partial charge is 0.296 e. The molecule has 0 bridgehead atoms. The van der Waals surface area contributed by atoms with Crippen molar-refractivity contribution in [2.24, 2.45) is 4.99 Å². The van der Waals surface area contributed by atoms with Crippen LogP contribution in [-0.4, -0.2) is 42.8 Å². The number of aliphatic imine (C=N–C) groups is 1. The molecule has 0 aromatic rings. The molecule has 1 N–H and O–H groups in total. The summed E-state index contributed by atoms with van der Waals surface area (Å²) in [5, 5.41) is 10.1. The van der Waals surface area contributed by atoms with E-state index in [9.17, 15) is 5.21 Å². The molecule has 0 aliphatic carbocycles. The second-order valence-corrected chi connectivity index (χ2v) is 3.89. The Bertz CT molecular complexity index is 267. The third kappa shape index (κ3) is 3.91. The van der Waals surface area contributed by atoms with Crippen molar-refractivity contribution in [3.8, 4) is 0 Å². The molecule has 1 fully saturated rings. The Balaban J connectivity index is 0.00000106. The SMILES string of the molecule is C=C/C=C(\C=NC)C1CCC[N+]1(C)O.CC. The molecular formula is C13H25N2O+. The quantitative estimate of drug-likeness (QED) is 0.447. The fraction of sp³-hybridized carbons (Fsp3) is 0.615. The molecule has 0 amide bonds. The van der Waals surface area contributed by atoms with Gasteiger partial charge in [0.2, 0.25) is 0 Å². The summed E-state index contributed by atoms with van der Waals surface area (Å²) in [5.74, 6) is 0. The average molecular weight is 225 g/mol. The highest BCUT2D eigenvalue weighted by Gasteiger charge is 2.39. The number of hydrogen-bond donors (Lipinski definition) is 1. The van der Waals surface area contributed by atoms with Crippen LogP contribution in [0.15, 0.2) is 29.3 Å². The standard InChI is InChI=1S/C11H19N2O.C2H6/c1-4-6-10(9-12-2)11-7-5-8-13(11,3)14;1-2/h4,6,9,11,14H,1,5,7-8H2,2-3H3;1-2H3/q+1;/b10-6+,12-9?;. The Morgan fingerprint density at radius 2 is 2.12 bits per heavy atom. The number of hydroxylamine groups is 3. The van der Waals surface area contributed by atoms with Crippen LogP contribution in [0.5, 0.6) is 0 Å². The van der Waals surface area contributed by atoms with Crippen LogP contribution in [0.1, 0.15) is 26.7 Å². The summed E-state index contributed by atoms with van der Waals surface area (Å²) in [6.45, 7) is 8.49. The van der Waals surface area contributed by atoms with Crippen LogP contribution in [0.2, 0.25) is 0 Å². The van der Waals surface area contributed by atoms with E-state index in [0.29, 0.717) is 0 Å². The van der Waals surface area contributed by atoms with E-state index < -0.39 is 0 Å². The van der Waals surface area contributed by atoms with Crippen molar-refractivity contribution in [1.29, 1.82) is 0 Å². The van der Waals surface area contributed by atoms with Gasteiger partial charge in [-0.25, -0.2) is 5.21 Å². The van der Waals surface area contributed by atoms with Gasteiger partial charge in [0.1, 0.15) is 12.6 Å². The molecule has 1 saturated heterocycles. The third-order valence-electron chi connectivity index (χ3n) is 2.73. The highest BCUT2D eigenvalue weighted by molar-refractivity contribution is 5.80. The van der Waals surface area contributed by atoms with Gasteiger partial charge in [0.05, 0.1) is 7.05 Å². The Morgan fingerprint density at radius 3 is 2.50 bits per heavy atom. The minimum atomic E-state index is 0.0751. The van der Waals surface area contributed by atoms with E-state index in [2.05, 4.69) is 11.6 Å². The molecule has 1 aliphatic rings. The van der Waals surface area contributed by atoms with Gasteiger partial charge in [0.25, 0.3) is 0 Å². The lowest BCUT2D eigenvalue weighted by molar-refractivity contribution is -1.09. The lowest BCUT2D eigenvalue weighted by atomic mass is 10.1. The van der Waals surface area contributed by atoms with E-state index in [-0.39, 0.29) is 10.7 Å². The molecule has 3 heteroatoms. The maximum Gasteiger partial charge on any atom is 0.146 e. The fourth-order valence-electron chi connectivity index (χ4n) is 2.05. The number of hydrogen-bond acceptors (Lipinski definition) is 2. The Labute approximate surface area is 99.4 Å². The highest BCUT2D eigenvalue weighted by Crippen LogP contribution is 2.26. The molecule has 2 atom stereocenters. The van der Waals surface area contributed by atoms with Crippen LogP contribution >= 0.6 is 0 Å². The maximum absolute atomic E-state index is 10.1. The first kappa shape index (κ1) is 15.1. The van der Waals surface area contributed by atoms with Crippen LogP contribution in [0.25, 0.3) is 0 Å². The van der Waals surface area contributed by atoms with Crippen molar-refractivity contribution in [2.75, 3.05) is 20.6 Å². The van der Waals surface area contributed by atoms with E-state index in [1.165, 1.54) is 0 Å². The molecule has 0 aromatic heterocycles. The van der Waals surface area contributed by atoms with Crippen LogP contribution in [0.4, 0.5) is 0 Å². The van der Waals surface area contributed by atoms with E-state index in [4.69, 9.17) is 0 Å². The van der Waals surface area contributed by atoms with E-state index >= 15 is 0 Å². The number of likely N-dealkylation sites (N-methyl/N-ethyl adjacent to an activating group) is 1. The monoisotopic (exact) mass is 225 g/mol. The normalized spacial score (nSPS) is 30.1. The van der Waals surface area contributed by atoms with Gasteiger partial charge >= 0.3 is 0 Å². The molecular weight excluding hydrogens is 200 g/mol. The molecule has 1 aliphatic heterocycles. The molecule has 0 radical (unpaired) electrons. The second kappa shape index (κ2) is 7.36. The lowest BCUT2D eigenvalue weighted by Crippen LogP contribution is -2.45. The zero-order valence-corrected chi connectivity index (χ0v) is 11.0. The van der Waals surface area contributed by atoms with Gasteiger partial charge in [-0.1, -0.05) is 32.6 Å². The summed E-state index contributed by atoms with van der Waals surface area (Å²) < 4.78 is 0.0751. The first-order valence-electron chi connectivity index (χ1n) is 5.94. The fourth-order valence-corrected chi connectivity index (χ4v) is 2.05. The predicted molar refractivity (Wildman–Crippen MR) is 69.9 cm³/mol. The Hall–Kier alpha value is -0.930. The average Bonchev–Trinajstić information content (AvgIpc) is 2.61. The van der Waals surface area contributed by atoms with Crippen molar-refractivity contribution in [3.63, 3.8) is 0 Å². The third-order valence-corrected chi connectivity index (χ3v) is 2.73. The van der Waals surface area contributed by atoms with Gasteiger partial charge in [-0.3, -0.25) is 4.99 Å². The van der Waals surface area contributed by atoms with Crippen LogP contribution < -0.4 is 0 Å². The molecule has 92 valence electrons. The Kier molecular flexibility index (Phi) is 6.93. The van der Waals surface area contributed by atoms with Gasteiger partial charge in [-0.05, 0) is 0 Å². The zero-order valence-electron chi connectivity index (χ0n) is 11.0. The summed E-state index contributed by atoms with van der Waals surface area (Å²) in [7, 11) is 3.59. The van der Waals surface area contributed by atoms with Gasteiger partial charge in [-0.2, -0.15) is 4.65 Å². The lowest BCUT2D eigenvalue weighted by Gasteiger charge is -2.27. The van der Waals surface area contributed by atoms with Crippen molar-refractivity contribution in [2.45, 2.75) is 32.7 Å². The van der Waals surface area contributed by atoms with Gasteiger partial charge in [0, 0.05) is 31.7 Å². The summed E-state index contributed by atoms with van der Waals surface area (Å²) in [4.78, 5) is 4.00. The van der Waals surface area contributed by atoms with Crippen molar-refractivity contribution >= 4 is 6.21 Å². The number of nitrogens with zero attached hydrogens (tertiary/aromatic N) is 2. The van der Waals surface area contributed by atoms with Crippen molar-refractivity contribution < 1.29 is 9.85 Å². The summed E-state index contributed by atoms with van der Waals surface area (Å²) in [5.41, 5.74) is 1.06. The molecule has 0 spiro atoms. The van der Waals surface area contributed by atoms with Crippen molar-refractivity contribution in [3.05, 3.63) is 24.3 Å². The van der Waals surface area contributed by atoms with E-state index in [1.807, 2.05) is 33.2 Å². The molecule has 0 aromatic carbocycles. The molecule has 16 heavy (non-hydrogen) atoms. The van der Waals surface area contributed by atoms with E-state index in [1.54, 1.807) is 13.1 Å².